The number of ether oxygens (including phenoxy) is 1. The zero-order valence-corrected chi connectivity index (χ0v) is 14.7. The van der Waals surface area contributed by atoms with E-state index in [1.165, 1.54) is 18.2 Å². The zero-order valence-electron chi connectivity index (χ0n) is 12.4. The maximum absolute atomic E-state index is 12.3. The van der Waals surface area contributed by atoms with Crippen LogP contribution in [0.3, 0.4) is 0 Å². The standard InChI is InChI=1S/C15H12Cl2N2O4S/c1-2-23-15(22)19-12(20)9-5-6-24-14(9)18-13(21)10-7-8(16)3-4-11(10)17/h3-7H,2H2,1H3,(H,18,21)(H,19,20,22). The van der Waals surface area contributed by atoms with Crippen LogP contribution in [0.1, 0.15) is 27.6 Å². The molecule has 1 aromatic carbocycles. The first kappa shape index (κ1) is 18.3. The topological polar surface area (TPSA) is 84.5 Å². The van der Waals surface area contributed by atoms with Gasteiger partial charge in [-0.2, -0.15) is 0 Å². The number of thiophene rings is 1. The number of carbonyl (C=O) groups is 3. The van der Waals surface area contributed by atoms with Crippen molar-refractivity contribution in [2.75, 3.05) is 11.9 Å². The van der Waals surface area contributed by atoms with E-state index in [1.54, 1.807) is 18.4 Å². The fourth-order valence-electron chi connectivity index (χ4n) is 1.75. The molecule has 24 heavy (non-hydrogen) atoms. The summed E-state index contributed by atoms with van der Waals surface area (Å²) in [5.41, 5.74) is 0.314. The lowest BCUT2D eigenvalue weighted by atomic mass is 10.2. The Hall–Kier alpha value is -2.09. The van der Waals surface area contributed by atoms with Gasteiger partial charge < -0.3 is 10.1 Å². The van der Waals surface area contributed by atoms with Crippen molar-refractivity contribution in [1.82, 2.24) is 5.32 Å². The molecule has 2 rings (SSSR count). The van der Waals surface area contributed by atoms with Gasteiger partial charge in [0.1, 0.15) is 5.00 Å². The maximum Gasteiger partial charge on any atom is 0.414 e. The Bertz CT molecular complexity index is 792. The Morgan fingerprint density at radius 3 is 2.58 bits per heavy atom. The molecule has 2 N–H and O–H groups in total. The number of anilines is 1. The molecule has 1 heterocycles. The molecular weight excluding hydrogens is 375 g/mol. The van der Waals surface area contributed by atoms with Crippen LogP contribution in [0.25, 0.3) is 0 Å². The Labute approximate surface area is 151 Å². The number of rotatable bonds is 4. The number of amides is 3. The third kappa shape index (κ3) is 4.47. The summed E-state index contributed by atoms with van der Waals surface area (Å²) in [6.07, 6.45) is -0.858. The average molecular weight is 387 g/mol. The van der Waals surface area contributed by atoms with Crippen LogP contribution in [0, 0.1) is 0 Å². The number of carbonyl (C=O) groups excluding carboxylic acids is 3. The molecule has 3 amide bonds. The molecule has 0 atom stereocenters. The second-order valence-corrected chi connectivity index (χ2v) is 6.18. The van der Waals surface area contributed by atoms with Crippen LogP contribution in [-0.2, 0) is 4.74 Å². The van der Waals surface area contributed by atoms with Gasteiger partial charge in [0, 0.05) is 5.02 Å². The Balaban J connectivity index is 2.15. The highest BCUT2D eigenvalue weighted by Crippen LogP contribution is 2.26. The van der Waals surface area contributed by atoms with E-state index in [1.807, 2.05) is 0 Å². The van der Waals surface area contributed by atoms with Gasteiger partial charge in [-0.1, -0.05) is 23.2 Å². The smallest absolute Gasteiger partial charge is 0.414 e. The van der Waals surface area contributed by atoms with Crippen molar-refractivity contribution >= 4 is 57.4 Å². The summed E-state index contributed by atoms with van der Waals surface area (Å²) >= 11 is 13.0. The third-order valence-electron chi connectivity index (χ3n) is 2.80. The van der Waals surface area contributed by atoms with Crippen molar-refractivity contribution < 1.29 is 19.1 Å². The highest BCUT2D eigenvalue weighted by molar-refractivity contribution is 7.14. The molecule has 0 fully saturated rings. The van der Waals surface area contributed by atoms with E-state index in [0.29, 0.717) is 5.02 Å². The van der Waals surface area contributed by atoms with Gasteiger partial charge in [0.25, 0.3) is 11.8 Å². The zero-order chi connectivity index (χ0) is 17.7. The van der Waals surface area contributed by atoms with Crippen molar-refractivity contribution in [3.63, 3.8) is 0 Å². The Morgan fingerprint density at radius 1 is 1.12 bits per heavy atom. The fraction of sp³-hybridized carbons (Fsp3) is 0.133. The third-order valence-corrected chi connectivity index (χ3v) is 4.20. The minimum Gasteiger partial charge on any atom is -0.450 e. The summed E-state index contributed by atoms with van der Waals surface area (Å²) in [7, 11) is 0. The highest BCUT2D eigenvalue weighted by Gasteiger charge is 2.19. The van der Waals surface area contributed by atoms with Crippen molar-refractivity contribution in [2.24, 2.45) is 0 Å². The first-order chi connectivity index (χ1) is 11.4. The monoisotopic (exact) mass is 386 g/mol. The largest absolute Gasteiger partial charge is 0.450 e. The molecule has 6 nitrogen and oxygen atoms in total. The van der Waals surface area contributed by atoms with Gasteiger partial charge in [-0.15, -0.1) is 11.3 Å². The van der Waals surface area contributed by atoms with E-state index in [-0.39, 0.29) is 27.8 Å². The average Bonchev–Trinajstić information content (AvgIpc) is 2.98. The molecule has 0 aliphatic carbocycles. The summed E-state index contributed by atoms with van der Waals surface area (Å²) < 4.78 is 4.64. The Kier molecular flexibility index (Phi) is 6.19. The van der Waals surface area contributed by atoms with E-state index in [2.05, 4.69) is 15.4 Å². The van der Waals surface area contributed by atoms with Crippen molar-refractivity contribution in [3.05, 3.63) is 50.8 Å². The molecule has 0 saturated heterocycles. The molecule has 0 spiro atoms. The van der Waals surface area contributed by atoms with Crippen LogP contribution in [0.15, 0.2) is 29.6 Å². The van der Waals surface area contributed by atoms with Crippen LogP contribution >= 0.6 is 34.5 Å². The van der Waals surface area contributed by atoms with Gasteiger partial charge in [-0.3, -0.25) is 14.9 Å². The number of halogens is 2. The predicted octanol–water partition coefficient (Wildman–Crippen LogP) is 4.19. The van der Waals surface area contributed by atoms with E-state index in [0.717, 1.165) is 11.3 Å². The SMILES string of the molecule is CCOC(=O)NC(=O)c1ccsc1NC(=O)c1cc(Cl)ccc1Cl. The quantitative estimate of drug-likeness (QED) is 0.824. The minimum absolute atomic E-state index is 0.138. The summed E-state index contributed by atoms with van der Waals surface area (Å²) in [5, 5.41) is 7.12. The van der Waals surface area contributed by atoms with E-state index in [9.17, 15) is 14.4 Å². The second kappa shape index (κ2) is 8.14. The normalized spacial score (nSPS) is 10.1. The molecule has 0 aliphatic rings. The van der Waals surface area contributed by atoms with Gasteiger partial charge in [-0.25, -0.2) is 4.79 Å². The molecule has 1 aromatic heterocycles. The van der Waals surface area contributed by atoms with Crippen LogP contribution in [0.5, 0.6) is 0 Å². The van der Waals surface area contributed by atoms with E-state index in [4.69, 9.17) is 23.2 Å². The number of nitrogens with one attached hydrogen (secondary N) is 2. The predicted molar refractivity (Wildman–Crippen MR) is 93.2 cm³/mol. The molecule has 0 saturated carbocycles. The van der Waals surface area contributed by atoms with Crippen LogP contribution in [0.2, 0.25) is 10.0 Å². The van der Waals surface area contributed by atoms with Crippen molar-refractivity contribution in [2.45, 2.75) is 6.92 Å². The van der Waals surface area contributed by atoms with E-state index >= 15 is 0 Å². The molecular formula is C15H12Cl2N2O4S. The lowest BCUT2D eigenvalue weighted by molar-refractivity contribution is 0.0926. The summed E-state index contributed by atoms with van der Waals surface area (Å²) in [4.78, 5) is 35.7. The number of hydrogen-bond acceptors (Lipinski definition) is 5. The van der Waals surface area contributed by atoms with Gasteiger partial charge in [0.2, 0.25) is 0 Å². The first-order valence-corrected chi connectivity index (χ1v) is 8.38. The van der Waals surface area contributed by atoms with Gasteiger partial charge in [0.15, 0.2) is 0 Å². The molecule has 2 aromatic rings. The molecule has 0 radical (unpaired) electrons. The molecule has 0 unspecified atom stereocenters. The Morgan fingerprint density at radius 2 is 1.88 bits per heavy atom. The lowest BCUT2D eigenvalue weighted by Gasteiger charge is -2.08. The summed E-state index contributed by atoms with van der Waals surface area (Å²) in [5.74, 6) is -1.20. The molecule has 126 valence electrons. The molecule has 9 heteroatoms. The number of benzene rings is 1. The molecule has 0 bridgehead atoms. The van der Waals surface area contributed by atoms with Crippen LogP contribution in [-0.4, -0.2) is 24.5 Å². The first-order valence-electron chi connectivity index (χ1n) is 6.74. The van der Waals surface area contributed by atoms with Gasteiger partial charge in [0.05, 0.1) is 22.8 Å². The van der Waals surface area contributed by atoms with Gasteiger partial charge in [-0.05, 0) is 36.6 Å². The highest BCUT2D eigenvalue weighted by atomic mass is 35.5. The maximum atomic E-state index is 12.3. The van der Waals surface area contributed by atoms with Crippen LogP contribution in [0.4, 0.5) is 9.80 Å². The minimum atomic E-state index is -0.858. The second-order valence-electron chi connectivity index (χ2n) is 4.42. The van der Waals surface area contributed by atoms with Crippen molar-refractivity contribution in [1.29, 1.82) is 0 Å². The number of hydrogen-bond donors (Lipinski definition) is 2. The number of alkyl carbamates (subject to hydrolysis) is 1. The summed E-state index contributed by atoms with van der Waals surface area (Å²) in [6.45, 7) is 1.76. The van der Waals surface area contributed by atoms with Crippen molar-refractivity contribution in [3.8, 4) is 0 Å². The summed E-state index contributed by atoms with van der Waals surface area (Å²) in [6, 6.07) is 5.96. The fourth-order valence-corrected chi connectivity index (χ4v) is 2.91. The van der Waals surface area contributed by atoms with Crippen LogP contribution < -0.4 is 10.6 Å². The number of imide groups is 1. The van der Waals surface area contributed by atoms with E-state index < -0.39 is 17.9 Å². The van der Waals surface area contributed by atoms with Gasteiger partial charge >= 0.3 is 6.09 Å². The molecule has 0 aliphatic heterocycles. The lowest BCUT2D eigenvalue weighted by Crippen LogP contribution is -2.31.